The lowest BCUT2D eigenvalue weighted by Crippen LogP contribution is -2.10. The molecule has 0 saturated carbocycles. The predicted octanol–water partition coefficient (Wildman–Crippen LogP) is 0.596. The SMILES string of the molecule is CCOC(=O)c1n[nH]nc1C(F)OC. The molecule has 1 heterocycles. The van der Waals surface area contributed by atoms with Gasteiger partial charge in [-0.05, 0) is 6.92 Å². The van der Waals surface area contributed by atoms with Crippen molar-refractivity contribution in [1.82, 2.24) is 15.4 Å². The first-order chi connectivity index (χ1) is 6.70. The van der Waals surface area contributed by atoms with Gasteiger partial charge >= 0.3 is 5.97 Å². The van der Waals surface area contributed by atoms with Gasteiger partial charge in [0.05, 0.1) is 6.61 Å². The van der Waals surface area contributed by atoms with Crippen LogP contribution < -0.4 is 0 Å². The molecule has 7 heteroatoms. The molecular formula is C7H10FN3O3. The summed E-state index contributed by atoms with van der Waals surface area (Å²) in [5, 5.41) is 9.06. The summed E-state index contributed by atoms with van der Waals surface area (Å²) in [5.41, 5.74) is -0.396. The molecule has 0 bridgehead atoms. The van der Waals surface area contributed by atoms with Gasteiger partial charge in [0.15, 0.2) is 11.4 Å². The van der Waals surface area contributed by atoms with E-state index in [4.69, 9.17) is 0 Å². The third kappa shape index (κ3) is 2.05. The molecule has 1 aromatic rings. The van der Waals surface area contributed by atoms with E-state index in [2.05, 4.69) is 24.9 Å². The van der Waals surface area contributed by atoms with Crippen LogP contribution in [-0.2, 0) is 9.47 Å². The number of halogens is 1. The molecule has 0 saturated heterocycles. The standard InChI is InChI=1S/C7H10FN3O3/c1-3-14-7(12)5-4(6(8)13-2)9-11-10-5/h6H,3H2,1-2H3,(H,9,10,11). The second kappa shape index (κ2) is 4.66. The number of methoxy groups -OCH3 is 1. The van der Waals surface area contributed by atoms with Crippen molar-refractivity contribution >= 4 is 5.97 Å². The normalized spacial score (nSPS) is 12.5. The minimum absolute atomic E-state index is 0.190. The molecule has 1 unspecified atom stereocenters. The molecule has 0 aliphatic heterocycles. The fourth-order valence-electron chi connectivity index (χ4n) is 0.859. The number of rotatable bonds is 4. The lowest BCUT2D eigenvalue weighted by molar-refractivity contribution is -0.0113. The maximum Gasteiger partial charge on any atom is 0.361 e. The van der Waals surface area contributed by atoms with Crippen LogP contribution in [0.4, 0.5) is 4.39 Å². The number of hydrogen-bond acceptors (Lipinski definition) is 5. The number of ether oxygens (including phenoxy) is 2. The van der Waals surface area contributed by atoms with E-state index in [1.807, 2.05) is 0 Å². The van der Waals surface area contributed by atoms with E-state index in [-0.39, 0.29) is 18.0 Å². The Kier molecular flexibility index (Phi) is 3.52. The number of nitrogens with zero attached hydrogens (tertiary/aromatic N) is 2. The van der Waals surface area contributed by atoms with Gasteiger partial charge in [-0.1, -0.05) is 0 Å². The van der Waals surface area contributed by atoms with Crippen molar-refractivity contribution in [2.75, 3.05) is 13.7 Å². The van der Waals surface area contributed by atoms with Crippen molar-refractivity contribution in [2.45, 2.75) is 13.3 Å². The number of nitrogens with one attached hydrogen (secondary N) is 1. The first-order valence-electron chi connectivity index (χ1n) is 3.95. The smallest absolute Gasteiger partial charge is 0.361 e. The van der Waals surface area contributed by atoms with E-state index in [9.17, 15) is 9.18 Å². The number of carbonyl (C=O) groups excluding carboxylic acids is 1. The van der Waals surface area contributed by atoms with E-state index in [1.54, 1.807) is 6.92 Å². The zero-order chi connectivity index (χ0) is 10.6. The number of alkyl halides is 1. The van der Waals surface area contributed by atoms with Gasteiger partial charge in [0.25, 0.3) is 0 Å². The van der Waals surface area contributed by atoms with E-state index < -0.39 is 12.3 Å². The van der Waals surface area contributed by atoms with Crippen LogP contribution in [0.1, 0.15) is 29.5 Å². The second-order valence-electron chi connectivity index (χ2n) is 2.33. The first-order valence-corrected chi connectivity index (χ1v) is 3.95. The Bertz CT molecular complexity index is 315. The molecule has 0 radical (unpaired) electrons. The van der Waals surface area contributed by atoms with Gasteiger partial charge in [0, 0.05) is 7.11 Å². The lowest BCUT2D eigenvalue weighted by atomic mass is 10.3. The molecule has 14 heavy (non-hydrogen) atoms. The molecule has 1 N–H and O–H groups in total. The van der Waals surface area contributed by atoms with Crippen LogP contribution in [0, 0.1) is 0 Å². The fourth-order valence-corrected chi connectivity index (χ4v) is 0.859. The summed E-state index contributed by atoms with van der Waals surface area (Å²) in [4.78, 5) is 11.2. The fraction of sp³-hybridized carbons (Fsp3) is 0.571. The molecule has 1 atom stereocenters. The van der Waals surface area contributed by atoms with Gasteiger partial charge in [-0.25, -0.2) is 9.18 Å². The monoisotopic (exact) mass is 203 g/mol. The Hall–Kier alpha value is -1.50. The molecule has 0 aliphatic rings. The summed E-state index contributed by atoms with van der Waals surface area (Å²) in [7, 11) is 1.16. The molecule has 0 aromatic carbocycles. The quantitative estimate of drug-likeness (QED) is 0.725. The largest absolute Gasteiger partial charge is 0.461 e. The third-order valence-corrected chi connectivity index (χ3v) is 1.47. The summed E-state index contributed by atoms with van der Waals surface area (Å²) in [5.74, 6) is -0.726. The number of carbonyl (C=O) groups is 1. The summed E-state index contributed by atoms with van der Waals surface area (Å²) in [6, 6.07) is 0. The molecule has 78 valence electrons. The van der Waals surface area contributed by atoms with E-state index >= 15 is 0 Å². The maximum atomic E-state index is 13.0. The second-order valence-corrected chi connectivity index (χ2v) is 2.33. The number of aromatic amines is 1. The highest BCUT2D eigenvalue weighted by molar-refractivity contribution is 5.88. The van der Waals surface area contributed by atoms with Crippen LogP contribution in [0.25, 0.3) is 0 Å². The molecule has 0 amide bonds. The van der Waals surface area contributed by atoms with Gasteiger partial charge in [-0.15, -0.1) is 5.10 Å². The van der Waals surface area contributed by atoms with Gasteiger partial charge in [-0.2, -0.15) is 10.3 Å². The van der Waals surface area contributed by atoms with Crippen LogP contribution in [0.5, 0.6) is 0 Å². The van der Waals surface area contributed by atoms with Crippen LogP contribution in [-0.4, -0.2) is 35.1 Å². The lowest BCUT2D eigenvalue weighted by Gasteiger charge is -2.03. The van der Waals surface area contributed by atoms with Crippen molar-refractivity contribution in [3.8, 4) is 0 Å². The minimum atomic E-state index is -1.78. The summed E-state index contributed by atoms with van der Waals surface area (Å²) in [6.45, 7) is 1.83. The Morgan fingerprint density at radius 3 is 2.93 bits per heavy atom. The summed E-state index contributed by atoms with van der Waals surface area (Å²) >= 11 is 0. The Morgan fingerprint density at radius 1 is 1.64 bits per heavy atom. The van der Waals surface area contributed by atoms with E-state index in [1.165, 1.54) is 0 Å². The highest BCUT2D eigenvalue weighted by Gasteiger charge is 2.24. The Balaban J connectivity index is 2.86. The van der Waals surface area contributed by atoms with Crippen molar-refractivity contribution < 1.29 is 18.7 Å². The van der Waals surface area contributed by atoms with Crippen molar-refractivity contribution in [2.24, 2.45) is 0 Å². The first kappa shape index (κ1) is 10.6. The molecule has 0 aliphatic carbocycles. The molecule has 0 fully saturated rings. The molecular weight excluding hydrogens is 193 g/mol. The van der Waals surface area contributed by atoms with Gasteiger partial charge in [0.1, 0.15) is 0 Å². The predicted molar refractivity (Wildman–Crippen MR) is 43.2 cm³/mol. The summed E-state index contributed by atoms with van der Waals surface area (Å²) in [6.07, 6.45) is -1.78. The molecule has 1 aromatic heterocycles. The van der Waals surface area contributed by atoms with Crippen LogP contribution in [0.2, 0.25) is 0 Å². The summed E-state index contributed by atoms with van der Waals surface area (Å²) < 4.78 is 22.0. The molecule has 6 nitrogen and oxygen atoms in total. The van der Waals surface area contributed by atoms with Crippen LogP contribution >= 0.6 is 0 Å². The van der Waals surface area contributed by atoms with Crippen molar-refractivity contribution in [3.05, 3.63) is 11.4 Å². The van der Waals surface area contributed by atoms with Crippen molar-refractivity contribution in [1.29, 1.82) is 0 Å². The van der Waals surface area contributed by atoms with Gasteiger partial charge in [0.2, 0.25) is 6.36 Å². The van der Waals surface area contributed by atoms with Gasteiger partial charge in [-0.3, -0.25) is 0 Å². The maximum absolute atomic E-state index is 13.0. The average Bonchev–Trinajstić information content (AvgIpc) is 2.65. The molecule has 0 spiro atoms. The third-order valence-electron chi connectivity index (χ3n) is 1.47. The minimum Gasteiger partial charge on any atom is -0.461 e. The number of H-pyrrole nitrogens is 1. The molecule has 1 rings (SSSR count). The number of esters is 1. The highest BCUT2D eigenvalue weighted by atomic mass is 19.1. The Morgan fingerprint density at radius 2 is 2.36 bits per heavy atom. The van der Waals surface area contributed by atoms with E-state index in [0.29, 0.717) is 0 Å². The van der Waals surface area contributed by atoms with Crippen molar-refractivity contribution in [3.63, 3.8) is 0 Å². The Labute approximate surface area is 79.4 Å². The highest BCUT2D eigenvalue weighted by Crippen LogP contribution is 2.18. The van der Waals surface area contributed by atoms with Gasteiger partial charge < -0.3 is 9.47 Å². The van der Waals surface area contributed by atoms with Crippen LogP contribution in [0.15, 0.2) is 0 Å². The zero-order valence-electron chi connectivity index (χ0n) is 7.78. The average molecular weight is 203 g/mol. The van der Waals surface area contributed by atoms with E-state index in [0.717, 1.165) is 7.11 Å². The number of aromatic nitrogens is 3. The number of hydrogen-bond donors (Lipinski definition) is 1. The zero-order valence-corrected chi connectivity index (χ0v) is 7.78. The van der Waals surface area contributed by atoms with Crippen LogP contribution in [0.3, 0.4) is 0 Å². The topological polar surface area (TPSA) is 77.1 Å².